The fourth-order valence-electron chi connectivity index (χ4n) is 1.59. The Labute approximate surface area is 130 Å². The zero-order valence-electron chi connectivity index (χ0n) is 11.8. The molecule has 0 aliphatic heterocycles. The van der Waals surface area contributed by atoms with Gasteiger partial charge in [0.05, 0.1) is 16.8 Å². The van der Waals surface area contributed by atoms with E-state index in [4.69, 9.17) is 5.73 Å². The van der Waals surface area contributed by atoms with E-state index in [0.717, 1.165) is 16.5 Å². The van der Waals surface area contributed by atoms with E-state index in [1.54, 1.807) is 6.92 Å². The smallest absolute Gasteiger partial charge is 0.358 e. The molecule has 8 heteroatoms. The molecule has 2 heterocycles. The van der Waals surface area contributed by atoms with Gasteiger partial charge in [-0.3, -0.25) is 9.89 Å². The van der Waals surface area contributed by atoms with E-state index in [0.29, 0.717) is 17.4 Å². The molecular weight excluding hydrogens is 304 g/mol. The monoisotopic (exact) mass is 318 g/mol. The van der Waals surface area contributed by atoms with Crippen LogP contribution in [0.5, 0.6) is 0 Å². The van der Waals surface area contributed by atoms with Crippen LogP contribution in [0, 0.1) is 0 Å². The number of hydrogen-bond donors (Lipinski definition) is 2. The molecule has 3 aromatic rings. The van der Waals surface area contributed by atoms with Gasteiger partial charge in [-0.25, -0.2) is 9.78 Å². The number of nitrogen functional groups attached to an aromatic ring is 1. The minimum absolute atomic E-state index is 0.212. The lowest BCUT2D eigenvalue weighted by molar-refractivity contribution is 0.0519. The molecule has 3 rings (SSSR count). The van der Waals surface area contributed by atoms with E-state index in [9.17, 15) is 9.59 Å². The molecule has 0 unspecified atom stereocenters. The lowest BCUT2D eigenvalue weighted by atomic mass is 10.3. The number of nitrogens with two attached hydrogens (primary N) is 1. The molecule has 0 fully saturated rings. The molecule has 7 nitrogen and oxygen atoms in total. The number of carbonyl (C=O) groups is 2. The SMILES string of the molecule is CCOC(=O)c1cc(N)[nH]n1.O=Cc1nc2ccccc2s1. The van der Waals surface area contributed by atoms with Crippen molar-refractivity contribution >= 4 is 39.6 Å². The second kappa shape index (κ2) is 7.32. The predicted molar refractivity (Wildman–Crippen MR) is 84.0 cm³/mol. The van der Waals surface area contributed by atoms with Crippen LogP contribution in [0.4, 0.5) is 5.82 Å². The Balaban J connectivity index is 0.000000160. The molecule has 0 saturated carbocycles. The molecule has 0 aliphatic rings. The van der Waals surface area contributed by atoms with Gasteiger partial charge in [-0.15, -0.1) is 11.3 Å². The van der Waals surface area contributed by atoms with Crippen molar-refractivity contribution < 1.29 is 14.3 Å². The number of aldehydes is 1. The number of aromatic amines is 1. The molecular formula is C14H14N4O3S. The topological polar surface area (TPSA) is 111 Å². The summed E-state index contributed by atoms with van der Waals surface area (Å²) in [5, 5.41) is 6.59. The third-order valence-corrected chi connectivity index (χ3v) is 3.46. The van der Waals surface area contributed by atoms with Crippen LogP contribution in [0.25, 0.3) is 10.2 Å². The molecule has 0 saturated heterocycles. The van der Waals surface area contributed by atoms with Crippen molar-refractivity contribution in [3.8, 4) is 0 Å². The molecule has 0 radical (unpaired) electrons. The summed E-state index contributed by atoms with van der Waals surface area (Å²) in [6, 6.07) is 9.14. The number of fused-ring (bicyclic) bond motifs is 1. The summed E-state index contributed by atoms with van der Waals surface area (Å²) in [5.41, 5.74) is 6.40. The second-order valence-electron chi connectivity index (χ2n) is 4.07. The lowest BCUT2D eigenvalue weighted by Gasteiger charge is -1.94. The first-order valence-electron chi connectivity index (χ1n) is 6.42. The van der Waals surface area contributed by atoms with Crippen LogP contribution >= 0.6 is 11.3 Å². The molecule has 22 heavy (non-hydrogen) atoms. The maximum Gasteiger partial charge on any atom is 0.358 e. The van der Waals surface area contributed by atoms with Crippen LogP contribution in [0.3, 0.4) is 0 Å². The number of H-pyrrole nitrogens is 1. The van der Waals surface area contributed by atoms with Gasteiger partial charge in [-0.1, -0.05) is 12.1 Å². The highest BCUT2D eigenvalue weighted by Crippen LogP contribution is 2.19. The van der Waals surface area contributed by atoms with E-state index < -0.39 is 5.97 Å². The standard InChI is InChI=1S/C8H5NOS.C6H9N3O2/c10-5-8-9-6-3-1-2-4-7(6)11-8;1-2-11-6(10)4-3-5(7)9-8-4/h1-5H;3H,2H2,1H3,(H3,7,8,9). The largest absolute Gasteiger partial charge is 0.461 e. The van der Waals surface area contributed by atoms with E-state index in [-0.39, 0.29) is 5.69 Å². The Bertz CT molecular complexity index is 748. The van der Waals surface area contributed by atoms with Crippen LogP contribution in [0.1, 0.15) is 27.2 Å². The molecule has 2 aromatic heterocycles. The molecule has 1 aromatic carbocycles. The van der Waals surface area contributed by atoms with Gasteiger partial charge in [0.1, 0.15) is 5.82 Å². The number of esters is 1. The van der Waals surface area contributed by atoms with Crippen LogP contribution in [-0.2, 0) is 4.74 Å². The van der Waals surface area contributed by atoms with Crippen LogP contribution < -0.4 is 5.73 Å². The summed E-state index contributed by atoms with van der Waals surface area (Å²) in [7, 11) is 0. The number of aromatic nitrogens is 3. The highest BCUT2D eigenvalue weighted by molar-refractivity contribution is 7.19. The number of nitrogens with zero attached hydrogens (tertiary/aromatic N) is 2. The van der Waals surface area contributed by atoms with Crippen LogP contribution in [0.2, 0.25) is 0 Å². The van der Waals surface area contributed by atoms with Crippen molar-refractivity contribution in [3.63, 3.8) is 0 Å². The Hall–Kier alpha value is -2.74. The fourth-order valence-corrected chi connectivity index (χ4v) is 2.37. The first kappa shape index (κ1) is 15.6. The van der Waals surface area contributed by atoms with Crippen molar-refractivity contribution in [2.45, 2.75) is 6.92 Å². The number of para-hydroxylation sites is 1. The van der Waals surface area contributed by atoms with Crippen molar-refractivity contribution in [1.29, 1.82) is 0 Å². The first-order chi connectivity index (χ1) is 10.6. The summed E-state index contributed by atoms with van der Waals surface area (Å²) < 4.78 is 5.73. The van der Waals surface area contributed by atoms with Gasteiger partial charge in [0.25, 0.3) is 0 Å². The molecule has 0 amide bonds. The number of benzene rings is 1. The Morgan fingerprint density at radius 3 is 2.82 bits per heavy atom. The molecule has 0 aliphatic carbocycles. The summed E-state index contributed by atoms with van der Waals surface area (Å²) in [4.78, 5) is 25.3. The van der Waals surface area contributed by atoms with Crippen molar-refractivity contribution in [3.05, 3.63) is 41.0 Å². The molecule has 0 spiro atoms. The molecule has 0 atom stereocenters. The maximum atomic E-state index is 10.9. The van der Waals surface area contributed by atoms with Gasteiger partial charge >= 0.3 is 5.97 Å². The maximum absolute atomic E-state index is 10.9. The normalized spacial score (nSPS) is 9.86. The van der Waals surface area contributed by atoms with Crippen molar-refractivity contribution in [2.75, 3.05) is 12.3 Å². The summed E-state index contributed by atoms with van der Waals surface area (Å²) in [5.74, 6) is -0.103. The zero-order chi connectivity index (χ0) is 15.9. The van der Waals surface area contributed by atoms with E-state index in [1.165, 1.54) is 17.4 Å². The minimum Gasteiger partial charge on any atom is -0.461 e. The summed E-state index contributed by atoms with van der Waals surface area (Å²) in [6.07, 6.45) is 0.782. The average molecular weight is 318 g/mol. The van der Waals surface area contributed by atoms with Gasteiger partial charge in [0, 0.05) is 6.07 Å². The van der Waals surface area contributed by atoms with Crippen LogP contribution in [0.15, 0.2) is 30.3 Å². The van der Waals surface area contributed by atoms with Gasteiger partial charge in [0.2, 0.25) is 0 Å². The zero-order valence-corrected chi connectivity index (χ0v) is 12.6. The summed E-state index contributed by atoms with van der Waals surface area (Å²) >= 11 is 1.42. The summed E-state index contributed by atoms with van der Waals surface area (Å²) in [6.45, 7) is 2.07. The Morgan fingerprint density at radius 2 is 2.23 bits per heavy atom. The first-order valence-corrected chi connectivity index (χ1v) is 7.24. The quantitative estimate of drug-likeness (QED) is 0.566. The highest BCUT2D eigenvalue weighted by Gasteiger charge is 2.08. The Morgan fingerprint density at radius 1 is 1.45 bits per heavy atom. The number of thiazole rings is 1. The van der Waals surface area contributed by atoms with Gasteiger partial charge in [0.15, 0.2) is 17.0 Å². The van der Waals surface area contributed by atoms with Crippen LogP contribution in [-0.4, -0.2) is 34.0 Å². The lowest BCUT2D eigenvalue weighted by Crippen LogP contribution is -2.04. The minimum atomic E-state index is -0.458. The van der Waals surface area contributed by atoms with E-state index in [1.807, 2.05) is 24.3 Å². The van der Waals surface area contributed by atoms with Gasteiger partial charge in [-0.2, -0.15) is 5.10 Å². The number of nitrogens with one attached hydrogen (secondary N) is 1. The molecule has 3 N–H and O–H groups in total. The number of ether oxygens (including phenoxy) is 1. The fraction of sp³-hybridized carbons (Fsp3) is 0.143. The van der Waals surface area contributed by atoms with Crippen molar-refractivity contribution in [2.24, 2.45) is 0 Å². The number of carbonyl (C=O) groups excluding carboxylic acids is 2. The number of anilines is 1. The third-order valence-electron chi connectivity index (χ3n) is 2.49. The Kier molecular flexibility index (Phi) is 5.21. The van der Waals surface area contributed by atoms with E-state index in [2.05, 4.69) is 19.9 Å². The van der Waals surface area contributed by atoms with E-state index >= 15 is 0 Å². The predicted octanol–water partition coefficient (Wildman–Crippen LogP) is 2.28. The third kappa shape index (κ3) is 3.89. The van der Waals surface area contributed by atoms with Gasteiger partial charge < -0.3 is 10.5 Å². The molecule has 0 bridgehead atoms. The highest BCUT2D eigenvalue weighted by atomic mass is 32.1. The average Bonchev–Trinajstić information content (AvgIpc) is 3.13. The number of rotatable bonds is 3. The number of hydrogen-bond acceptors (Lipinski definition) is 7. The van der Waals surface area contributed by atoms with Gasteiger partial charge in [-0.05, 0) is 19.1 Å². The second-order valence-corrected chi connectivity index (χ2v) is 5.13. The van der Waals surface area contributed by atoms with Crippen molar-refractivity contribution in [1.82, 2.24) is 15.2 Å². The molecule has 114 valence electrons.